The number of alkyl carbamates (subject to hydrolysis) is 1. The Kier molecular flexibility index (Phi) is 6.16. The molecule has 0 fully saturated rings. The van der Waals surface area contributed by atoms with Crippen LogP contribution in [-0.4, -0.2) is 18.4 Å². The maximum Gasteiger partial charge on any atom is 0.416 e. The van der Waals surface area contributed by atoms with E-state index >= 15 is 0 Å². The zero-order valence-electron chi connectivity index (χ0n) is 13.1. The van der Waals surface area contributed by atoms with E-state index in [2.05, 4.69) is 5.32 Å². The molecule has 0 saturated carbocycles. The lowest BCUT2D eigenvalue weighted by Gasteiger charge is -2.17. The summed E-state index contributed by atoms with van der Waals surface area (Å²) in [4.78, 5) is 22.9. The van der Waals surface area contributed by atoms with E-state index in [0.717, 1.165) is 11.6 Å². The van der Waals surface area contributed by atoms with Crippen molar-refractivity contribution >= 4 is 12.4 Å². The molecule has 4 nitrogen and oxygen atoms in total. The van der Waals surface area contributed by atoms with Crippen molar-refractivity contribution in [3.8, 4) is 0 Å². The van der Waals surface area contributed by atoms with Gasteiger partial charge < -0.3 is 14.8 Å². The van der Waals surface area contributed by atoms with E-state index in [1.165, 1.54) is 18.2 Å². The molecule has 1 N–H and O–H groups in total. The lowest BCUT2D eigenvalue weighted by atomic mass is 10.0. The topological polar surface area (TPSA) is 55.4 Å². The Balaban J connectivity index is 1.97. The maximum atomic E-state index is 13.0. The molecule has 0 aliphatic carbocycles. The summed E-state index contributed by atoms with van der Waals surface area (Å²) in [5.41, 5.74) is -0.153. The number of benzene rings is 2. The first-order chi connectivity index (χ1) is 11.9. The minimum Gasteiger partial charge on any atom is -0.445 e. The normalized spacial score (nSPS) is 12.3. The Morgan fingerprint density at radius 1 is 1.08 bits per heavy atom. The average Bonchev–Trinajstić information content (AvgIpc) is 2.60. The number of halogens is 3. The van der Waals surface area contributed by atoms with Crippen LogP contribution in [-0.2, 0) is 28.7 Å². The number of alkyl halides is 3. The maximum absolute atomic E-state index is 13.0. The molecular formula is C18H16F3NO3. The lowest BCUT2D eigenvalue weighted by molar-refractivity contribution is -0.138. The Labute approximate surface area is 142 Å². The van der Waals surface area contributed by atoms with Crippen LogP contribution in [0.3, 0.4) is 0 Å². The van der Waals surface area contributed by atoms with E-state index in [9.17, 15) is 22.8 Å². The number of aldehydes is 1. The number of ether oxygens (including phenoxy) is 1. The van der Waals surface area contributed by atoms with Gasteiger partial charge in [0.2, 0.25) is 0 Å². The molecule has 132 valence electrons. The molecule has 0 aliphatic rings. The second kappa shape index (κ2) is 8.32. The summed E-state index contributed by atoms with van der Waals surface area (Å²) in [6.07, 6.45) is -5.29. The van der Waals surface area contributed by atoms with E-state index < -0.39 is 23.9 Å². The summed E-state index contributed by atoms with van der Waals surface area (Å²) >= 11 is 0. The Hall–Kier alpha value is -2.83. The molecule has 0 bridgehead atoms. The summed E-state index contributed by atoms with van der Waals surface area (Å²) in [7, 11) is 0. The van der Waals surface area contributed by atoms with E-state index in [-0.39, 0.29) is 18.6 Å². The fraction of sp³-hybridized carbons (Fsp3) is 0.222. The van der Waals surface area contributed by atoms with E-state index in [0.29, 0.717) is 6.29 Å². The van der Waals surface area contributed by atoms with Crippen LogP contribution in [0.25, 0.3) is 0 Å². The molecule has 0 saturated heterocycles. The average molecular weight is 351 g/mol. The van der Waals surface area contributed by atoms with Gasteiger partial charge >= 0.3 is 12.3 Å². The third-order valence-electron chi connectivity index (χ3n) is 3.44. The molecule has 1 amide bonds. The summed E-state index contributed by atoms with van der Waals surface area (Å²) in [5, 5.41) is 2.27. The Morgan fingerprint density at radius 2 is 1.72 bits per heavy atom. The highest BCUT2D eigenvalue weighted by Crippen LogP contribution is 2.32. The second-order valence-corrected chi connectivity index (χ2v) is 5.31. The van der Waals surface area contributed by atoms with Gasteiger partial charge in [-0.15, -0.1) is 0 Å². The molecule has 1 atom stereocenters. The first-order valence-electron chi connectivity index (χ1n) is 7.47. The van der Waals surface area contributed by atoms with Gasteiger partial charge in [-0.25, -0.2) is 4.79 Å². The molecule has 2 rings (SSSR count). The summed E-state index contributed by atoms with van der Waals surface area (Å²) in [5.74, 6) is 0. The molecule has 0 heterocycles. The van der Waals surface area contributed by atoms with Crippen LogP contribution in [0.4, 0.5) is 18.0 Å². The quantitative estimate of drug-likeness (QED) is 0.807. The molecule has 7 heteroatoms. The number of carbonyl (C=O) groups is 2. The van der Waals surface area contributed by atoms with Crippen molar-refractivity contribution < 1.29 is 27.5 Å². The van der Waals surface area contributed by atoms with Crippen molar-refractivity contribution in [3.05, 3.63) is 71.3 Å². The molecule has 2 aromatic carbocycles. The lowest BCUT2D eigenvalue weighted by Crippen LogP contribution is -2.38. The van der Waals surface area contributed by atoms with Gasteiger partial charge in [0.1, 0.15) is 12.9 Å². The Bertz CT molecular complexity index is 717. The number of nitrogens with one attached hydrogen (secondary N) is 1. The number of rotatable bonds is 6. The zero-order valence-corrected chi connectivity index (χ0v) is 13.1. The van der Waals surface area contributed by atoms with Crippen molar-refractivity contribution in [1.29, 1.82) is 0 Å². The van der Waals surface area contributed by atoms with Crippen LogP contribution in [0.1, 0.15) is 16.7 Å². The fourth-order valence-corrected chi connectivity index (χ4v) is 2.26. The summed E-state index contributed by atoms with van der Waals surface area (Å²) < 4.78 is 43.9. The summed E-state index contributed by atoms with van der Waals surface area (Å²) in [6, 6.07) is 12.7. The fourth-order valence-electron chi connectivity index (χ4n) is 2.26. The molecule has 0 spiro atoms. The van der Waals surface area contributed by atoms with Crippen LogP contribution < -0.4 is 5.32 Å². The number of hydrogen-bond acceptors (Lipinski definition) is 3. The molecule has 2 aromatic rings. The molecule has 0 aromatic heterocycles. The van der Waals surface area contributed by atoms with Gasteiger partial charge in [0.05, 0.1) is 11.6 Å². The van der Waals surface area contributed by atoms with Crippen LogP contribution >= 0.6 is 0 Å². The third kappa shape index (κ3) is 5.63. The minimum absolute atomic E-state index is 0.00259. The standard InChI is InChI=1S/C18H16F3NO3/c19-18(20,21)16-9-5-4-8-14(16)10-15(11-23)22-17(24)25-12-13-6-2-1-3-7-13/h1-9,11,15H,10,12H2,(H,22,24)/t15-/m1/s1. The molecule has 0 radical (unpaired) electrons. The highest BCUT2D eigenvalue weighted by Gasteiger charge is 2.33. The first-order valence-corrected chi connectivity index (χ1v) is 7.47. The highest BCUT2D eigenvalue weighted by atomic mass is 19.4. The van der Waals surface area contributed by atoms with Crippen LogP contribution in [0.2, 0.25) is 0 Å². The van der Waals surface area contributed by atoms with E-state index in [1.54, 1.807) is 24.3 Å². The SMILES string of the molecule is O=C[C@@H](Cc1ccccc1C(F)(F)F)NC(=O)OCc1ccccc1. The Morgan fingerprint density at radius 3 is 2.36 bits per heavy atom. The highest BCUT2D eigenvalue weighted by molar-refractivity contribution is 5.73. The molecule has 0 unspecified atom stereocenters. The van der Waals surface area contributed by atoms with Crippen molar-refractivity contribution in [3.63, 3.8) is 0 Å². The van der Waals surface area contributed by atoms with Gasteiger partial charge in [-0.1, -0.05) is 48.5 Å². The van der Waals surface area contributed by atoms with Crippen molar-refractivity contribution in [2.75, 3.05) is 0 Å². The van der Waals surface area contributed by atoms with Crippen molar-refractivity contribution in [2.45, 2.75) is 25.2 Å². The van der Waals surface area contributed by atoms with Crippen LogP contribution in [0, 0.1) is 0 Å². The second-order valence-electron chi connectivity index (χ2n) is 5.31. The van der Waals surface area contributed by atoms with Gasteiger partial charge in [0, 0.05) is 6.42 Å². The van der Waals surface area contributed by atoms with Crippen LogP contribution in [0.15, 0.2) is 54.6 Å². The predicted octanol–water partition coefficient (Wildman–Crippen LogP) is 3.74. The largest absolute Gasteiger partial charge is 0.445 e. The molecule has 25 heavy (non-hydrogen) atoms. The van der Waals surface area contributed by atoms with Gasteiger partial charge in [0.15, 0.2) is 0 Å². The smallest absolute Gasteiger partial charge is 0.416 e. The van der Waals surface area contributed by atoms with E-state index in [4.69, 9.17) is 4.74 Å². The predicted molar refractivity (Wildman–Crippen MR) is 84.8 cm³/mol. The summed E-state index contributed by atoms with van der Waals surface area (Å²) in [6.45, 7) is -0.00259. The monoisotopic (exact) mass is 351 g/mol. The minimum atomic E-state index is -4.53. The van der Waals surface area contributed by atoms with Crippen molar-refractivity contribution in [2.24, 2.45) is 0 Å². The number of hydrogen-bond donors (Lipinski definition) is 1. The first kappa shape index (κ1) is 18.5. The van der Waals surface area contributed by atoms with Crippen molar-refractivity contribution in [1.82, 2.24) is 5.32 Å². The number of carbonyl (C=O) groups excluding carboxylic acids is 2. The van der Waals surface area contributed by atoms with Gasteiger partial charge in [0.25, 0.3) is 0 Å². The van der Waals surface area contributed by atoms with Gasteiger partial charge in [-0.3, -0.25) is 0 Å². The van der Waals surface area contributed by atoms with Crippen LogP contribution in [0.5, 0.6) is 0 Å². The number of amides is 1. The zero-order chi connectivity index (χ0) is 18.3. The third-order valence-corrected chi connectivity index (χ3v) is 3.44. The molecular weight excluding hydrogens is 335 g/mol. The van der Waals surface area contributed by atoms with Gasteiger partial charge in [-0.2, -0.15) is 13.2 Å². The van der Waals surface area contributed by atoms with Gasteiger partial charge in [-0.05, 0) is 17.2 Å². The van der Waals surface area contributed by atoms with E-state index in [1.807, 2.05) is 6.07 Å². The molecule has 0 aliphatic heterocycles.